The fourth-order valence-electron chi connectivity index (χ4n) is 0.689. The smallest absolute Gasteiger partial charge is 0.313 e. The highest BCUT2D eigenvalue weighted by Gasteiger charge is 2.27. The SMILES string of the molecule is CC(C)C(C)NCCSC(F)(F)F. The van der Waals surface area contributed by atoms with Crippen molar-refractivity contribution >= 4 is 11.8 Å². The van der Waals surface area contributed by atoms with Crippen LogP contribution in [0.4, 0.5) is 13.2 Å². The van der Waals surface area contributed by atoms with Gasteiger partial charge in [0.2, 0.25) is 0 Å². The van der Waals surface area contributed by atoms with Crippen LogP contribution in [0.25, 0.3) is 0 Å². The molecule has 0 aliphatic rings. The van der Waals surface area contributed by atoms with Gasteiger partial charge in [-0.25, -0.2) is 0 Å². The molecule has 0 aliphatic carbocycles. The molecule has 0 aliphatic heterocycles. The summed E-state index contributed by atoms with van der Waals surface area (Å²) in [4.78, 5) is 0. The molecule has 0 aromatic heterocycles. The first kappa shape index (κ1) is 13.1. The zero-order chi connectivity index (χ0) is 10.5. The molecule has 0 aromatic carbocycles. The van der Waals surface area contributed by atoms with Crippen molar-refractivity contribution < 1.29 is 13.2 Å². The van der Waals surface area contributed by atoms with Crippen molar-refractivity contribution in [2.24, 2.45) is 5.92 Å². The van der Waals surface area contributed by atoms with Crippen LogP contribution in [0.2, 0.25) is 0 Å². The van der Waals surface area contributed by atoms with Gasteiger partial charge < -0.3 is 5.32 Å². The minimum absolute atomic E-state index is 0.0248. The number of halogens is 3. The van der Waals surface area contributed by atoms with Crippen molar-refractivity contribution in [2.45, 2.75) is 32.3 Å². The second-order valence-electron chi connectivity index (χ2n) is 3.28. The maximum atomic E-state index is 11.7. The normalized spacial score (nSPS) is 15.0. The standard InChI is InChI=1S/C8H16F3NS/c1-6(2)7(3)12-4-5-13-8(9,10)11/h6-7,12H,4-5H2,1-3H3. The Labute approximate surface area is 81.5 Å². The van der Waals surface area contributed by atoms with Crippen molar-refractivity contribution in [1.29, 1.82) is 0 Å². The van der Waals surface area contributed by atoms with E-state index in [1.165, 1.54) is 0 Å². The largest absolute Gasteiger partial charge is 0.441 e. The Kier molecular flexibility index (Phi) is 5.80. The molecule has 13 heavy (non-hydrogen) atoms. The second kappa shape index (κ2) is 5.75. The lowest BCUT2D eigenvalue weighted by atomic mass is 10.1. The lowest BCUT2D eigenvalue weighted by molar-refractivity contribution is -0.0327. The Bertz CT molecular complexity index is 136. The molecule has 0 rings (SSSR count). The van der Waals surface area contributed by atoms with Crippen molar-refractivity contribution in [3.05, 3.63) is 0 Å². The van der Waals surface area contributed by atoms with Gasteiger partial charge in [-0.1, -0.05) is 13.8 Å². The predicted molar refractivity (Wildman–Crippen MR) is 50.8 cm³/mol. The van der Waals surface area contributed by atoms with Crippen molar-refractivity contribution in [3.63, 3.8) is 0 Å². The van der Waals surface area contributed by atoms with E-state index in [9.17, 15) is 13.2 Å². The third kappa shape index (κ3) is 8.43. The third-order valence-corrected chi connectivity index (χ3v) is 2.57. The number of rotatable bonds is 5. The van der Waals surface area contributed by atoms with Gasteiger partial charge >= 0.3 is 5.51 Å². The van der Waals surface area contributed by atoms with Gasteiger partial charge in [-0.2, -0.15) is 13.2 Å². The minimum Gasteiger partial charge on any atom is -0.313 e. The van der Waals surface area contributed by atoms with Gasteiger partial charge in [-0.15, -0.1) is 0 Å². The summed E-state index contributed by atoms with van der Waals surface area (Å²) < 4.78 is 35.0. The fraction of sp³-hybridized carbons (Fsp3) is 1.00. The summed E-state index contributed by atoms with van der Waals surface area (Å²) in [5.74, 6) is 0.538. The summed E-state index contributed by atoms with van der Waals surface area (Å²) in [7, 11) is 0. The molecule has 0 saturated carbocycles. The molecule has 1 atom stereocenters. The van der Waals surface area contributed by atoms with Crippen LogP contribution in [0.15, 0.2) is 0 Å². The van der Waals surface area contributed by atoms with Gasteiger partial charge in [0, 0.05) is 18.3 Å². The Morgan fingerprint density at radius 1 is 1.23 bits per heavy atom. The van der Waals surface area contributed by atoms with E-state index in [-0.39, 0.29) is 23.6 Å². The van der Waals surface area contributed by atoms with Gasteiger partial charge in [0.05, 0.1) is 0 Å². The molecular weight excluding hydrogens is 199 g/mol. The quantitative estimate of drug-likeness (QED) is 0.708. The molecule has 0 radical (unpaired) electrons. The summed E-state index contributed by atoms with van der Waals surface area (Å²) >= 11 is 0.0248. The van der Waals surface area contributed by atoms with Crippen LogP contribution < -0.4 is 5.32 Å². The summed E-state index contributed by atoms with van der Waals surface area (Å²) in [6, 6.07) is 0.272. The van der Waals surface area contributed by atoms with E-state index in [1.54, 1.807) is 0 Å². The number of thioether (sulfide) groups is 1. The number of nitrogens with one attached hydrogen (secondary N) is 1. The Morgan fingerprint density at radius 3 is 2.15 bits per heavy atom. The molecule has 0 aromatic rings. The van der Waals surface area contributed by atoms with Crippen molar-refractivity contribution in [2.75, 3.05) is 12.3 Å². The lowest BCUT2D eigenvalue weighted by Crippen LogP contribution is -2.32. The van der Waals surface area contributed by atoms with Gasteiger partial charge in [-0.3, -0.25) is 0 Å². The van der Waals surface area contributed by atoms with Gasteiger partial charge in [0.25, 0.3) is 0 Å². The second-order valence-corrected chi connectivity index (χ2v) is 4.44. The van der Waals surface area contributed by atoms with E-state index in [0.29, 0.717) is 12.5 Å². The molecule has 80 valence electrons. The molecule has 0 fully saturated rings. The van der Waals surface area contributed by atoms with E-state index >= 15 is 0 Å². The first-order chi connectivity index (χ1) is 5.83. The highest BCUT2D eigenvalue weighted by atomic mass is 32.2. The third-order valence-electron chi connectivity index (χ3n) is 1.83. The molecule has 0 bridgehead atoms. The Hall–Kier alpha value is 0.100. The van der Waals surface area contributed by atoms with Crippen molar-refractivity contribution in [1.82, 2.24) is 5.32 Å². The summed E-state index contributed by atoms with van der Waals surface area (Å²) in [6.07, 6.45) is 0. The van der Waals surface area contributed by atoms with E-state index in [0.717, 1.165) is 0 Å². The van der Waals surface area contributed by atoms with Crippen LogP contribution >= 0.6 is 11.8 Å². The first-order valence-corrected chi connectivity index (χ1v) is 5.25. The van der Waals surface area contributed by atoms with E-state index in [2.05, 4.69) is 5.32 Å². The van der Waals surface area contributed by atoms with Gasteiger partial charge in [0.15, 0.2) is 0 Å². The van der Waals surface area contributed by atoms with Crippen LogP contribution in [-0.2, 0) is 0 Å². The van der Waals surface area contributed by atoms with Gasteiger partial charge in [-0.05, 0) is 24.6 Å². The molecule has 0 amide bonds. The molecule has 0 spiro atoms. The minimum atomic E-state index is -4.09. The molecule has 0 heterocycles. The highest BCUT2D eigenvalue weighted by molar-refractivity contribution is 8.00. The average Bonchev–Trinajstić information content (AvgIpc) is 1.95. The molecular formula is C8H16F3NS. The number of alkyl halides is 3. The monoisotopic (exact) mass is 215 g/mol. The maximum Gasteiger partial charge on any atom is 0.441 e. The predicted octanol–water partition coefficient (Wildman–Crippen LogP) is 2.87. The van der Waals surface area contributed by atoms with Crippen LogP contribution in [0.1, 0.15) is 20.8 Å². The zero-order valence-corrected chi connectivity index (χ0v) is 8.93. The van der Waals surface area contributed by atoms with E-state index in [1.807, 2.05) is 20.8 Å². The molecule has 5 heteroatoms. The Morgan fingerprint density at radius 2 is 1.77 bits per heavy atom. The maximum absolute atomic E-state index is 11.7. The topological polar surface area (TPSA) is 12.0 Å². The summed E-state index contributed by atoms with van der Waals surface area (Å²) in [5.41, 5.74) is -4.09. The lowest BCUT2D eigenvalue weighted by Gasteiger charge is -2.17. The van der Waals surface area contributed by atoms with E-state index in [4.69, 9.17) is 0 Å². The summed E-state index contributed by atoms with van der Waals surface area (Å²) in [6.45, 7) is 6.45. The fourth-order valence-corrected chi connectivity index (χ4v) is 1.14. The zero-order valence-electron chi connectivity index (χ0n) is 8.11. The number of hydrogen-bond acceptors (Lipinski definition) is 2. The summed E-state index contributed by atoms with van der Waals surface area (Å²) in [5, 5.41) is 3.03. The molecule has 1 N–H and O–H groups in total. The first-order valence-electron chi connectivity index (χ1n) is 4.27. The van der Waals surface area contributed by atoms with Crippen molar-refractivity contribution in [3.8, 4) is 0 Å². The Balaban J connectivity index is 3.36. The molecule has 1 nitrogen and oxygen atoms in total. The highest BCUT2D eigenvalue weighted by Crippen LogP contribution is 2.29. The molecule has 0 saturated heterocycles. The van der Waals surface area contributed by atoms with Crippen LogP contribution in [0.5, 0.6) is 0 Å². The average molecular weight is 215 g/mol. The van der Waals surface area contributed by atoms with Crippen LogP contribution in [-0.4, -0.2) is 23.8 Å². The van der Waals surface area contributed by atoms with E-state index < -0.39 is 5.51 Å². The van der Waals surface area contributed by atoms with Crippen LogP contribution in [0, 0.1) is 5.92 Å². The number of hydrogen-bond donors (Lipinski definition) is 1. The van der Waals surface area contributed by atoms with Crippen LogP contribution in [0.3, 0.4) is 0 Å². The van der Waals surface area contributed by atoms with Gasteiger partial charge in [0.1, 0.15) is 0 Å². The molecule has 1 unspecified atom stereocenters.